The molecule has 3 aromatic rings. The van der Waals surface area contributed by atoms with Gasteiger partial charge in [0.15, 0.2) is 5.76 Å². The van der Waals surface area contributed by atoms with Gasteiger partial charge < -0.3 is 9.73 Å². The molecule has 0 fully saturated rings. The van der Waals surface area contributed by atoms with Crippen molar-refractivity contribution < 1.29 is 9.21 Å². The van der Waals surface area contributed by atoms with Crippen molar-refractivity contribution in [3.63, 3.8) is 0 Å². The molecule has 5 heteroatoms. The molecule has 2 heterocycles. The van der Waals surface area contributed by atoms with Crippen LogP contribution in [-0.2, 0) is 0 Å². The van der Waals surface area contributed by atoms with E-state index in [1.54, 1.807) is 42.7 Å². The van der Waals surface area contributed by atoms with Gasteiger partial charge in [-0.1, -0.05) is 23.7 Å². The summed E-state index contributed by atoms with van der Waals surface area (Å²) in [6, 6.07) is 14.1. The van der Waals surface area contributed by atoms with Gasteiger partial charge in [0, 0.05) is 11.8 Å². The Morgan fingerprint density at radius 2 is 1.95 bits per heavy atom. The highest BCUT2D eigenvalue weighted by atomic mass is 35.5. The van der Waals surface area contributed by atoms with E-state index in [2.05, 4.69) is 10.3 Å². The first kappa shape index (κ1) is 13.4. The molecule has 1 N–H and O–H groups in total. The fourth-order valence-corrected chi connectivity index (χ4v) is 2.12. The summed E-state index contributed by atoms with van der Waals surface area (Å²) in [5.41, 5.74) is 1.36. The van der Waals surface area contributed by atoms with Gasteiger partial charge in [0.25, 0.3) is 5.91 Å². The second-order valence-electron chi connectivity index (χ2n) is 4.34. The van der Waals surface area contributed by atoms with Crippen LogP contribution in [0.25, 0.3) is 11.3 Å². The molecule has 0 atom stereocenters. The number of carbonyl (C=O) groups is 1. The van der Waals surface area contributed by atoms with E-state index in [0.29, 0.717) is 16.5 Å². The summed E-state index contributed by atoms with van der Waals surface area (Å²) in [7, 11) is 0. The minimum absolute atomic E-state index is 0.216. The summed E-state index contributed by atoms with van der Waals surface area (Å²) in [5.74, 6) is 0.437. The van der Waals surface area contributed by atoms with Gasteiger partial charge in [0.1, 0.15) is 5.76 Å². The van der Waals surface area contributed by atoms with E-state index in [9.17, 15) is 4.79 Å². The summed E-state index contributed by atoms with van der Waals surface area (Å²) in [5, 5.41) is 3.28. The van der Waals surface area contributed by atoms with Crippen molar-refractivity contribution in [1.29, 1.82) is 0 Å². The van der Waals surface area contributed by atoms with Crippen LogP contribution < -0.4 is 5.32 Å². The minimum Gasteiger partial charge on any atom is -0.451 e. The number of furan rings is 1. The molecule has 3 rings (SSSR count). The van der Waals surface area contributed by atoms with Crippen LogP contribution in [0.4, 0.5) is 5.69 Å². The Hall–Kier alpha value is -2.59. The molecule has 0 aliphatic carbocycles. The van der Waals surface area contributed by atoms with E-state index in [1.165, 1.54) is 0 Å². The molecule has 0 spiro atoms. The minimum atomic E-state index is -0.332. The highest BCUT2D eigenvalue weighted by molar-refractivity contribution is 6.33. The predicted molar refractivity (Wildman–Crippen MR) is 81.3 cm³/mol. The zero-order valence-corrected chi connectivity index (χ0v) is 11.7. The van der Waals surface area contributed by atoms with Crippen LogP contribution in [0.5, 0.6) is 0 Å². The SMILES string of the molecule is O=C(Nc1cccnc1)c1ccc(-c2ccccc2Cl)o1. The lowest BCUT2D eigenvalue weighted by Crippen LogP contribution is -2.10. The Kier molecular flexibility index (Phi) is 3.71. The first-order valence-corrected chi connectivity index (χ1v) is 6.68. The van der Waals surface area contributed by atoms with Crippen LogP contribution in [0.3, 0.4) is 0 Å². The Balaban J connectivity index is 1.82. The molecule has 2 aromatic heterocycles. The molecule has 21 heavy (non-hydrogen) atoms. The van der Waals surface area contributed by atoms with Gasteiger partial charge in [-0.3, -0.25) is 9.78 Å². The average molecular weight is 299 g/mol. The number of nitrogens with zero attached hydrogens (tertiary/aromatic N) is 1. The number of aromatic nitrogens is 1. The molecular formula is C16H11ClN2O2. The van der Waals surface area contributed by atoms with E-state index >= 15 is 0 Å². The normalized spacial score (nSPS) is 10.3. The summed E-state index contributed by atoms with van der Waals surface area (Å²) in [6.07, 6.45) is 3.20. The highest BCUT2D eigenvalue weighted by Gasteiger charge is 2.13. The van der Waals surface area contributed by atoms with Gasteiger partial charge in [-0.15, -0.1) is 0 Å². The molecule has 104 valence electrons. The maximum absolute atomic E-state index is 12.1. The van der Waals surface area contributed by atoms with Gasteiger partial charge in [-0.05, 0) is 36.4 Å². The quantitative estimate of drug-likeness (QED) is 0.786. The van der Waals surface area contributed by atoms with E-state index in [-0.39, 0.29) is 11.7 Å². The molecule has 0 bridgehead atoms. The second-order valence-corrected chi connectivity index (χ2v) is 4.75. The molecule has 0 saturated carbocycles. The lowest BCUT2D eigenvalue weighted by molar-refractivity contribution is 0.0997. The number of halogens is 1. The largest absolute Gasteiger partial charge is 0.451 e. The maximum atomic E-state index is 12.1. The number of hydrogen-bond acceptors (Lipinski definition) is 3. The lowest BCUT2D eigenvalue weighted by atomic mass is 10.2. The summed E-state index contributed by atoms with van der Waals surface area (Å²) < 4.78 is 5.57. The topological polar surface area (TPSA) is 55.1 Å². The van der Waals surface area contributed by atoms with Gasteiger partial charge >= 0.3 is 0 Å². The Labute approximate surface area is 126 Å². The van der Waals surface area contributed by atoms with Crippen LogP contribution in [0.15, 0.2) is 65.3 Å². The monoisotopic (exact) mass is 298 g/mol. The van der Waals surface area contributed by atoms with Crippen LogP contribution in [0.1, 0.15) is 10.6 Å². The van der Waals surface area contributed by atoms with E-state index in [4.69, 9.17) is 16.0 Å². The smallest absolute Gasteiger partial charge is 0.291 e. The number of rotatable bonds is 3. The third-order valence-corrected chi connectivity index (χ3v) is 3.22. The highest BCUT2D eigenvalue weighted by Crippen LogP contribution is 2.29. The standard InChI is InChI=1S/C16H11ClN2O2/c17-13-6-2-1-5-12(13)14-7-8-15(21-14)16(20)19-11-4-3-9-18-10-11/h1-10H,(H,19,20). The second kappa shape index (κ2) is 5.81. The molecule has 1 aromatic carbocycles. The number of anilines is 1. The fourth-order valence-electron chi connectivity index (χ4n) is 1.90. The molecule has 4 nitrogen and oxygen atoms in total. The van der Waals surface area contributed by atoms with Crippen molar-refractivity contribution in [1.82, 2.24) is 4.98 Å². The summed E-state index contributed by atoms with van der Waals surface area (Å²) >= 11 is 6.11. The van der Waals surface area contributed by atoms with Crippen molar-refractivity contribution in [2.75, 3.05) is 5.32 Å². The van der Waals surface area contributed by atoms with Crippen LogP contribution in [0.2, 0.25) is 5.02 Å². The molecular weight excluding hydrogens is 288 g/mol. The number of hydrogen-bond donors (Lipinski definition) is 1. The lowest BCUT2D eigenvalue weighted by Gasteiger charge is -2.02. The van der Waals surface area contributed by atoms with E-state index in [1.807, 2.05) is 18.2 Å². The number of pyridine rings is 1. The van der Waals surface area contributed by atoms with Crippen LogP contribution >= 0.6 is 11.6 Å². The van der Waals surface area contributed by atoms with Gasteiger partial charge in [-0.25, -0.2) is 0 Å². The molecule has 0 aliphatic heterocycles. The average Bonchev–Trinajstić information content (AvgIpc) is 2.98. The van der Waals surface area contributed by atoms with Crippen molar-refractivity contribution in [3.05, 3.63) is 71.7 Å². The summed E-state index contributed by atoms with van der Waals surface area (Å²) in [6.45, 7) is 0. The van der Waals surface area contributed by atoms with Gasteiger partial charge in [0.05, 0.1) is 16.9 Å². The molecule has 0 saturated heterocycles. The zero-order chi connectivity index (χ0) is 14.7. The van der Waals surface area contributed by atoms with Crippen molar-refractivity contribution >= 4 is 23.2 Å². The molecule has 0 radical (unpaired) electrons. The number of nitrogens with one attached hydrogen (secondary N) is 1. The van der Waals surface area contributed by atoms with Crippen LogP contribution in [0, 0.1) is 0 Å². The van der Waals surface area contributed by atoms with E-state index in [0.717, 1.165) is 5.56 Å². The predicted octanol–water partition coefficient (Wildman–Crippen LogP) is 4.25. The maximum Gasteiger partial charge on any atom is 0.291 e. The Bertz CT molecular complexity index is 769. The summed E-state index contributed by atoms with van der Waals surface area (Å²) in [4.78, 5) is 16.0. The van der Waals surface area contributed by atoms with Gasteiger partial charge in [0.2, 0.25) is 0 Å². The molecule has 1 amide bonds. The van der Waals surface area contributed by atoms with Crippen molar-refractivity contribution in [3.8, 4) is 11.3 Å². The zero-order valence-electron chi connectivity index (χ0n) is 10.9. The number of benzene rings is 1. The first-order valence-electron chi connectivity index (χ1n) is 6.30. The molecule has 0 aliphatic rings. The van der Waals surface area contributed by atoms with Crippen molar-refractivity contribution in [2.45, 2.75) is 0 Å². The van der Waals surface area contributed by atoms with Crippen LogP contribution in [-0.4, -0.2) is 10.9 Å². The first-order chi connectivity index (χ1) is 10.2. The number of carbonyl (C=O) groups excluding carboxylic acids is 1. The van der Waals surface area contributed by atoms with E-state index < -0.39 is 0 Å². The van der Waals surface area contributed by atoms with Gasteiger partial charge in [-0.2, -0.15) is 0 Å². The Morgan fingerprint density at radius 3 is 2.71 bits per heavy atom. The molecule has 0 unspecified atom stereocenters. The fraction of sp³-hybridized carbons (Fsp3) is 0. The Morgan fingerprint density at radius 1 is 1.10 bits per heavy atom. The number of amides is 1. The third-order valence-electron chi connectivity index (χ3n) is 2.89. The van der Waals surface area contributed by atoms with Crippen molar-refractivity contribution in [2.24, 2.45) is 0 Å². The third kappa shape index (κ3) is 2.95.